The molecule has 0 aliphatic carbocycles. The van der Waals surface area contributed by atoms with Crippen molar-refractivity contribution in [3.63, 3.8) is 0 Å². The highest BCUT2D eigenvalue weighted by Gasteiger charge is 2.27. The highest BCUT2D eigenvalue weighted by molar-refractivity contribution is 5.55. The predicted molar refractivity (Wildman–Crippen MR) is 66.2 cm³/mol. The van der Waals surface area contributed by atoms with E-state index in [2.05, 4.69) is 21.1 Å². The van der Waals surface area contributed by atoms with Gasteiger partial charge in [0.15, 0.2) is 0 Å². The summed E-state index contributed by atoms with van der Waals surface area (Å²) < 4.78 is 6.95. The van der Waals surface area contributed by atoms with Gasteiger partial charge < -0.3 is 10.5 Å². The molecule has 0 aromatic carbocycles. The average molecular weight is 256 g/mol. The minimum atomic E-state index is -0.165. The van der Waals surface area contributed by atoms with Gasteiger partial charge in [-0.1, -0.05) is 0 Å². The van der Waals surface area contributed by atoms with E-state index in [9.17, 15) is 5.26 Å². The number of rotatable bonds is 2. The Hall–Kier alpha value is -2.46. The molecule has 7 nitrogen and oxygen atoms in total. The molecule has 1 fully saturated rings. The van der Waals surface area contributed by atoms with Gasteiger partial charge in [0.05, 0.1) is 0 Å². The Labute approximate surface area is 109 Å². The highest BCUT2D eigenvalue weighted by atomic mass is 16.5. The summed E-state index contributed by atoms with van der Waals surface area (Å²) in [6, 6.07) is 3.79. The molecule has 1 aliphatic heterocycles. The zero-order chi connectivity index (χ0) is 13.2. The van der Waals surface area contributed by atoms with E-state index in [1.807, 2.05) is 0 Å². The molecule has 2 N–H and O–H groups in total. The molecular formula is C12H12N6O. The van der Waals surface area contributed by atoms with Crippen molar-refractivity contribution >= 4 is 5.82 Å². The second kappa shape index (κ2) is 4.66. The molecule has 3 rings (SSSR count). The summed E-state index contributed by atoms with van der Waals surface area (Å²) in [5.41, 5.74) is 6.88. The number of ether oxygens (including phenoxy) is 1. The first kappa shape index (κ1) is 11.6. The van der Waals surface area contributed by atoms with E-state index in [-0.39, 0.29) is 11.9 Å². The van der Waals surface area contributed by atoms with Gasteiger partial charge in [0, 0.05) is 19.0 Å². The van der Waals surface area contributed by atoms with Gasteiger partial charge in [-0.05, 0) is 18.9 Å². The lowest BCUT2D eigenvalue weighted by molar-refractivity contribution is 0.108. The van der Waals surface area contributed by atoms with E-state index in [1.165, 1.54) is 4.68 Å². The van der Waals surface area contributed by atoms with Crippen molar-refractivity contribution < 1.29 is 4.74 Å². The van der Waals surface area contributed by atoms with Crippen LogP contribution in [0.4, 0.5) is 5.82 Å². The number of nitrogens with two attached hydrogens (primary N) is 1. The van der Waals surface area contributed by atoms with E-state index in [0.717, 1.165) is 12.8 Å². The number of nitriles is 1. The maximum atomic E-state index is 9.24. The van der Waals surface area contributed by atoms with Crippen molar-refractivity contribution in [3.05, 3.63) is 29.7 Å². The van der Waals surface area contributed by atoms with Gasteiger partial charge in [-0.3, -0.25) is 0 Å². The number of nitrogen functional groups attached to an aromatic ring is 1. The minimum absolute atomic E-state index is 0.165. The standard InChI is InChI=1S/C12H12N6O/c13-7-8-10(9-3-1-6-19-9)17-18(11(8)14)12-15-4-2-5-16-12/h2,4-5,9H,1,3,6,14H2/t9-/m0/s1. The Morgan fingerprint density at radius 1 is 1.42 bits per heavy atom. The van der Waals surface area contributed by atoms with E-state index < -0.39 is 0 Å². The van der Waals surface area contributed by atoms with Gasteiger partial charge in [0.2, 0.25) is 0 Å². The molecule has 1 saturated heterocycles. The largest absolute Gasteiger partial charge is 0.382 e. The molecule has 0 saturated carbocycles. The second-order valence-electron chi connectivity index (χ2n) is 4.22. The Bertz CT molecular complexity index is 624. The molecule has 0 unspecified atom stereocenters. The zero-order valence-electron chi connectivity index (χ0n) is 10.2. The van der Waals surface area contributed by atoms with Crippen molar-refractivity contribution in [2.24, 2.45) is 0 Å². The summed E-state index contributed by atoms with van der Waals surface area (Å²) in [7, 11) is 0. The van der Waals surface area contributed by atoms with Gasteiger partial charge in [-0.2, -0.15) is 15.0 Å². The monoisotopic (exact) mass is 256 g/mol. The van der Waals surface area contributed by atoms with Crippen molar-refractivity contribution in [2.45, 2.75) is 18.9 Å². The smallest absolute Gasteiger partial charge is 0.252 e. The quantitative estimate of drug-likeness (QED) is 0.858. The molecule has 3 heterocycles. The number of nitrogens with zero attached hydrogens (tertiary/aromatic N) is 5. The summed E-state index contributed by atoms with van der Waals surface area (Å²) in [6.45, 7) is 0.685. The molecule has 2 aromatic rings. The van der Waals surface area contributed by atoms with E-state index in [4.69, 9.17) is 10.5 Å². The number of aromatic nitrogens is 4. The van der Waals surface area contributed by atoms with Crippen LogP contribution in [-0.4, -0.2) is 26.4 Å². The maximum Gasteiger partial charge on any atom is 0.252 e. The summed E-state index contributed by atoms with van der Waals surface area (Å²) >= 11 is 0. The van der Waals surface area contributed by atoms with Crippen LogP contribution in [0.15, 0.2) is 18.5 Å². The number of hydrogen-bond donors (Lipinski definition) is 1. The molecular weight excluding hydrogens is 244 g/mol. The molecule has 19 heavy (non-hydrogen) atoms. The van der Waals surface area contributed by atoms with Gasteiger partial charge in [-0.25, -0.2) is 9.97 Å². The lowest BCUT2D eigenvalue weighted by atomic mass is 10.1. The first-order valence-corrected chi connectivity index (χ1v) is 5.98. The molecule has 1 aliphatic rings. The normalized spacial score (nSPS) is 18.4. The van der Waals surface area contributed by atoms with Crippen LogP contribution in [0.5, 0.6) is 0 Å². The van der Waals surface area contributed by atoms with Crippen molar-refractivity contribution in [2.75, 3.05) is 12.3 Å². The van der Waals surface area contributed by atoms with E-state index in [1.54, 1.807) is 18.5 Å². The lowest BCUT2D eigenvalue weighted by Crippen LogP contribution is -2.06. The summed E-state index contributed by atoms with van der Waals surface area (Å²) in [4.78, 5) is 8.17. The highest BCUT2D eigenvalue weighted by Crippen LogP contribution is 2.32. The fourth-order valence-electron chi connectivity index (χ4n) is 2.14. The molecule has 96 valence electrons. The Morgan fingerprint density at radius 2 is 2.21 bits per heavy atom. The number of hydrogen-bond acceptors (Lipinski definition) is 6. The summed E-state index contributed by atoms with van der Waals surface area (Å²) in [6.07, 6.45) is 4.84. The first-order chi connectivity index (χ1) is 9.31. The molecule has 0 amide bonds. The topological polar surface area (TPSA) is 103 Å². The van der Waals surface area contributed by atoms with Gasteiger partial charge in [0.25, 0.3) is 5.95 Å². The number of anilines is 1. The Morgan fingerprint density at radius 3 is 2.84 bits per heavy atom. The van der Waals surface area contributed by atoms with Crippen LogP contribution in [0.3, 0.4) is 0 Å². The van der Waals surface area contributed by atoms with Crippen LogP contribution in [-0.2, 0) is 4.74 Å². The molecule has 0 radical (unpaired) electrons. The molecule has 0 bridgehead atoms. The maximum absolute atomic E-state index is 9.24. The van der Waals surface area contributed by atoms with Crippen molar-refractivity contribution in [3.8, 4) is 12.0 Å². The third kappa shape index (κ3) is 1.92. The lowest BCUT2D eigenvalue weighted by Gasteiger charge is -2.05. The second-order valence-corrected chi connectivity index (χ2v) is 4.22. The molecule has 0 spiro atoms. The van der Waals surface area contributed by atoms with Crippen molar-refractivity contribution in [1.82, 2.24) is 19.7 Å². The third-order valence-corrected chi connectivity index (χ3v) is 3.04. The van der Waals surface area contributed by atoms with Crippen molar-refractivity contribution in [1.29, 1.82) is 5.26 Å². The van der Waals surface area contributed by atoms with Gasteiger partial charge in [0.1, 0.15) is 29.2 Å². The molecule has 1 atom stereocenters. The fraction of sp³-hybridized carbons (Fsp3) is 0.333. The molecule has 7 heteroatoms. The van der Waals surface area contributed by atoms with Gasteiger partial charge in [-0.15, -0.1) is 0 Å². The average Bonchev–Trinajstić information content (AvgIpc) is 3.07. The van der Waals surface area contributed by atoms with E-state index >= 15 is 0 Å². The van der Waals surface area contributed by atoms with E-state index in [0.29, 0.717) is 23.8 Å². The first-order valence-electron chi connectivity index (χ1n) is 5.98. The zero-order valence-corrected chi connectivity index (χ0v) is 10.2. The predicted octanol–water partition coefficient (Wildman–Crippen LogP) is 0.968. The van der Waals surface area contributed by atoms with Crippen LogP contribution in [0.2, 0.25) is 0 Å². The fourth-order valence-corrected chi connectivity index (χ4v) is 2.14. The van der Waals surface area contributed by atoms with Crippen LogP contribution in [0, 0.1) is 11.3 Å². The van der Waals surface area contributed by atoms with Crippen LogP contribution in [0.1, 0.15) is 30.2 Å². The Kier molecular flexibility index (Phi) is 2.85. The third-order valence-electron chi connectivity index (χ3n) is 3.04. The minimum Gasteiger partial charge on any atom is -0.382 e. The van der Waals surface area contributed by atoms with Crippen LogP contribution >= 0.6 is 0 Å². The van der Waals surface area contributed by atoms with Crippen LogP contribution < -0.4 is 5.73 Å². The van der Waals surface area contributed by atoms with Gasteiger partial charge >= 0.3 is 0 Å². The summed E-state index contributed by atoms with van der Waals surface area (Å²) in [5, 5.41) is 13.6. The summed E-state index contributed by atoms with van der Waals surface area (Å²) in [5.74, 6) is 0.597. The van der Waals surface area contributed by atoms with Crippen LogP contribution in [0.25, 0.3) is 5.95 Å². The Balaban J connectivity index is 2.10. The SMILES string of the molecule is N#Cc1c([C@@H]2CCCO2)nn(-c2ncccn2)c1N. The molecule has 2 aromatic heterocycles.